The summed E-state index contributed by atoms with van der Waals surface area (Å²) in [6.07, 6.45) is 0.852. The van der Waals surface area contributed by atoms with Crippen molar-refractivity contribution in [1.29, 1.82) is 0 Å². The van der Waals surface area contributed by atoms with Crippen LogP contribution in [0.4, 0.5) is 0 Å². The van der Waals surface area contributed by atoms with Gasteiger partial charge in [-0.25, -0.2) is 0 Å². The van der Waals surface area contributed by atoms with Gasteiger partial charge in [-0.3, -0.25) is 0 Å². The molecule has 0 saturated heterocycles. The van der Waals surface area contributed by atoms with Crippen molar-refractivity contribution in [3.63, 3.8) is 0 Å². The first-order valence-electron chi connectivity index (χ1n) is 5.28. The van der Waals surface area contributed by atoms with Crippen molar-refractivity contribution in [1.82, 2.24) is 10.1 Å². The van der Waals surface area contributed by atoms with Gasteiger partial charge >= 0.3 is 0 Å². The maximum atomic E-state index is 5.97. The van der Waals surface area contributed by atoms with Gasteiger partial charge in [0.05, 0.1) is 6.04 Å². The fraction of sp³-hybridized carbons (Fsp3) is 0.455. The minimum atomic E-state index is -0.167. The Kier molecular flexibility index (Phi) is 3.36. The van der Waals surface area contributed by atoms with E-state index in [2.05, 4.69) is 24.0 Å². The van der Waals surface area contributed by atoms with Crippen LogP contribution in [-0.2, 0) is 0 Å². The summed E-state index contributed by atoms with van der Waals surface area (Å²) in [4.78, 5) is 4.31. The Morgan fingerprint density at radius 3 is 2.94 bits per heavy atom. The lowest BCUT2D eigenvalue weighted by Gasteiger charge is -2.08. The molecule has 86 valence electrons. The van der Waals surface area contributed by atoms with Gasteiger partial charge < -0.3 is 10.3 Å². The number of nitrogens with two attached hydrogens (primary N) is 1. The van der Waals surface area contributed by atoms with Crippen molar-refractivity contribution >= 4 is 11.3 Å². The van der Waals surface area contributed by atoms with Crippen molar-refractivity contribution < 1.29 is 4.52 Å². The normalized spacial score (nSPS) is 13.2. The monoisotopic (exact) mass is 237 g/mol. The molecule has 2 N–H and O–H groups in total. The summed E-state index contributed by atoms with van der Waals surface area (Å²) >= 11 is 1.61. The third-order valence-electron chi connectivity index (χ3n) is 2.26. The fourth-order valence-electron chi connectivity index (χ4n) is 1.50. The van der Waals surface area contributed by atoms with E-state index in [9.17, 15) is 0 Å². The van der Waals surface area contributed by atoms with E-state index in [1.165, 1.54) is 0 Å². The first-order chi connectivity index (χ1) is 7.66. The number of hydrogen-bond donors (Lipinski definition) is 1. The van der Waals surface area contributed by atoms with Gasteiger partial charge in [0.15, 0.2) is 0 Å². The zero-order valence-corrected chi connectivity index (χ0v) is 10.2. The van der Waals surface area contributed by atoms with Crippen molar-refractivity contribution in [3.8, 4) is 11.4 Å². The molecule has 5 heteroatoms. The number of nitrogens with zero attached hydrogens (tertiary/aromatic N) is 2. The highest BCUT2D eigenvalue weighted by atomic mass is 32.1. The molecule has 2 rings (SSSR count). The van der Waals surface area contributed by atoms with E-state index in [0.717, 1.165) is 12.0 Å². The van der Waals surface area contributed by atoms with E-state index in [0.29, 0.717) is 17.6 Å². The van der Waals surface area contributed by atoms with Crippen LogP contribution in [0, 0.1) is 5.92 Å². The molecule has 0 aliphatic carbocycles. The van der Waals surface area contributed by atoms with E-state index in [-0.39, 0.29) is 6.04 Å². The maximum absolute atomic E-state index is 5.97. The van der Waals surface area contributed by atoms with E-state index < -0.39 is 0 Å². The molecule has 0 bridgehead atoms. The number of hydrogen-bond acceptors (Lipinski definition) is 5. The van der Waals surface area contributed by atoms with Gasteiger partial charge in [-0.2, -0.15) is 16.3 Å². The largest absolute Gasteiger partial charge is 0.337 e. The Morgan fingerprint density at radius 1 is 1.50 bits per heavy atom. The zero-order chi connectivity index (χ0) is 11.5. The SMILES string of the molecule is CC(C)C[C@@H](N)c1nc(-c2ccsc2)no1. The molecule has 4 nitrogen and oxygen atoms in total. The highest BCUT2D eigenvalue weighted by molar-refractivity contribution is 7.08. The molecule has 0 spiro atoms. The lowest BCUT2D eigenvalue weighted by molar-refractivity contribution is 0.335. The van der Waals surface area contributed by atoms with Crippen LogP contribution in [0.25, 0.3) is 11.4 Å². The van der Waals surface area contributed by atoms with Gasteiger partial charge in [0.1, 0.15) is 0 Å². The van der Waals surface area contributed by atoms with Crippen LogP contribution in [0.2, 0.25) is 0 Å². The standard InChI is InChI=1S/C11H15N3OS/c1-7(2)5-9(12)11-13-10(14-15-11)8-3-4-16-6-8/h3-4,6-7,9H,5,12H2,1-2H3/t9-/m1/s1. The van der Waals surface area contributed by atoms with Gasteiger partial charge in [0.2, 0.25) is 11.7 Å². The molecule has 0 amide bonds. The molecular formula is C11H15N3OS. The Balaban J connectivity index is 2.13. The van der Waals surface area contributed by atoms with Crippen LogP contribution in [0.1, 0.15) is 32.2 Å². The first-order valence-corrected chi connectivity index (χ1v) is 6.23. The summed E-state index contributed by atoms with van der Waals surface area (Å²) in [6.45, 7) is 4.24. The second kappa shape index (κ2) is 4.76. The molecule has 2 aromatic heterocycles. The third kappa shape index (κ3) is 2.48. The molecule has 16 heavy (non-hydrogen) atoms. The van der Waals surface area contributed by atoms with Gasteiger partial charge in [-0.15, -0.1) is 0 Å². The topological polar surface area (TPSA) is 64.9 Å². The minimum absolute atomic E-state index is 0.167. The van der Waals surface area contributed by atoms with Crippen molar-refractivity contribution in [2.75, 3.05) is 0 Å². The van der Waals surface area contributed by atoms with E-state index in [1.807, 2.05) is 16.8 Å². The molecule has 2 heterocycles. The first kappa shape index (κ1) is 11.3. The highest BCUT2D eigenvalue weighted by Crippen LogP contribution is 2.22. The van der Waals surface area contributed by atoms with Crippen LogP contribution >= 0.6 is 11.3 Å². The van der Waals surface area contributed by atoms with Crippen LogP contribution in [0.5, 0.6) is 0 Å². The number of aromatic nitrogens is 2. The van der Waals surface area contributed by atoms with E-state index in [1.54, 1.807) is 11.3 Å². The second-order valence-electron chi connectivity index (χ2n) is 4.20. The molecular weight excluding hydrogens is 222 g/mol. The highest BCUT2D eigenvalue weighted by Gasteiger charge is 2.16. The van der Waals surface area contributed by atoms with Gasteiger partial charge in [0.25, 0.3) is 0 Å². The molecule has 0 saturated carbocycles. The average Bonchev–Trinajstić information content (AvgIpc) is 2.87. The average molecular weight is 237 g/mol. The summed E-state index contributed by atoms with van der Waals surface area (Å²) in [5, 5.41) is 7.90. The molecule has 1 atom stereocenters. The van der Waals surface area contributed by atoms with Gasteiger partial charge in [-0.1, -0.05) is 19.0 Å². The molecule has 0 aromatic carbocycles. The van der Waals surface area contributed by atoms with E-state index in [4.69, 9.17) is 10.3 Å². The summed E-state index contributed by atoms with van der Waals surface area (Å²) in [5.41, 5.74) is 6.95. The second-order valence-corrected chi connectivity index (χ2v) is 4.98. The summed E-state index contributed by atoms with van der Waals surface area (Å²) in [5.74, 6) is 1.66. The molecule has 0 aliphatic heterocycles. The van der Waals surface area contributed by atoms with Crippen LogP contribution in [0.15, 0.2) is 21.3 Å². The molecule has 0 aliphatic rings. The Bertz CT molecular complexity index is 436. The van der Waals surface area contributed by atoms with Gasteiger partial charge in [-0.05, 0) is 23.8 Å². The number of thiophene rings is 1. The minimum Gasteiger partial charge on any atom is -0.337 e. The Hall–Kier alpha value is -1.20. The van der Waals surface area contributed by atoms with Gasteiger partial charge in [0, 0.05) is 10.9 Å². The summed E-state index contributed by atoms with van der Waals surface area (Å²) < 4.78 is 5.17. The maximum Gasteiger partial charge on any atom is 0.243 e. The quantitative estimate of drug-likeness (QED) is 0.888. The predicted octanol–water partition coefficient (Wildman–Crippen LogP) is 2.84. The lowest BCUT2D eigenvalue weighted by Crippen LogP contribution is -2.13. The molecule has 0 fully saturated rings. The Morgan fingerprint density at radius 2 is 2.31 bits per heavy atom. The van der Waals surface area contributed by atoms with Crippen molar-refractivity contribution in [2.45, 2.75) is 26.3 Å². The van der Waals surface area contributed by atoms with Crippen LogP contribution in [-0.4, -0.2) is 10.1 Å². The lowest BCUT2D eigenvalue weighted by atomic mass is 10.0. The zero-order valence-electron chi connectivity index (χ0n) is 9.38. The van der Waals surface area contributed by atoms with Crippen molar-refractivity contribution in [2.24, 2.45) is 11.7 Å². The predicted molar refractivity (Wildman–Crippen MR) is 64.0 cm³/mol. The summed E-state index contributed by atoms with van der Waals surface area (Å²) in [6, 6.07) is 1.80. The summed E-state index contributed by atoms with van der Waals surface area (Å²) in [7, 11) is 0. The van der Waals surface area contributed by atoms with Crippen LogP contribution in [0.3, 0.4) is 0 Å². The fourth-order valence-corrected chi connectivity index (χ4v) is 2.14. The molecule has 0 unspecified atom stereocenters. The molecule has 2 aromatic rings. The molecule has 0 radical (unpaired) electrons. The van der Waals surface area contributed by atoms with E-state index >= 15 is 0 Å². The van der Waals surface area contributed by atoms with Crippen LogP contribution < -0.4 is 5.73 Å². The smallest absolute Gasteiger partial charge is 0.243 e. The number of rotatable bonds is 4. The van der Waals surface area contributed by atoms with Crippen molar-refractivity contribution in [3.05, 3.63) is 22.7 Å². The Labute approximate surface area is 98.5 Å². The third-order valence-corrected chi connectivity index (χ3v) is 2.95.